The van der Waals surface area contributed by atoms with Crippen molar-refractivity contribution in [3.05, 3.63) is 64.3 Å². The highest BCUT2D eigenvalue weighted by molar-refractivity contribution is 7.16. The molecule has 28 heavy (non-hydrogen) atoms. The summed E-state index contributed by atoms with van der Waals surface area (Å²) in [5.41, 5.74) is 7.15. The van der Waals surface area contributed by atoms with E-state index in [-0.39, 0.29) is 30.7 Å². The van der Waals surface area contributed by atoms with E-state index in [9.17, 15) is 9.18 Å². The Bertz CT molecular complexity index is 1040. The zero-order chi connectivity index (χ0) is 19.7. The Balaban J connectivity index is 1.65. The fraction of sp³-hybridized carbons (Fsp3) is 0.200. The highest BCUT2D eigenvalue weighted by Gasteiger charge is 2.30. The van der Waals surface area contributed by atoms with Crippen LogP contribution in [0.3, 0.4) is 0 Å². The first-order valence-corrected chi connectivity index (χ1v) is 9.47. The van der Waals surface area contributed by atoms with Crippen LogP contribution in [0.15, 0.2) is 42.5 Å². The molecule has 0 radical (unpaired) electrons. The van der Waals surface area contributed by atoms with Gasteiger partial charge >= 0.3 is 0 Å². The Morgan fingerprint density at radius 1 is 1.29 bits per heavy atom. The van der Waals surface area contributed by atoms with Crippen LogP contribution in [0, 0.1) is 5.82 Å². The van der Waals surface area contributed by atoms with Gasteiger partial charge < -0.3 is 20.5 Å². The Labute approximate surface area is 165 Å². The summed E-state index contributed by atoms with van der Waals surface area (Å²) >= 11 is 1.35. The Hall–Kier alpha value is -3.13. The highest BCUT2D eigenvalue weighted by atomic mass is 32.1. The smallest absolute Gasteiger partial charge is 0.226 e. The number of nitrogen functional groups attached to an aromatic ring is 1. The topological polar surface area (TPSA) is 86.5 Å². The number of nitrogens with two attached hydrogens (primary N) is 1. The second-order valence-electron chi connectivity index (χ2n) is 6.36. The number of hydrogen-bond donors (Lipinski definition) is 2. The molecule has 8 heteroatoms. The van der Waals surface area contributed by atoms with Gasteiger partial charge in [0.25, 0.3) is 0 Å². The van der Waals surface area contributed by atoms with Crippen LogP contribution in [0.5, 0.6) is 11.5 Å². The van der Waals surface area contributed by atoms with Crippen molar-refractivity contribution < 1.29 is 18.7 Å². The number of aromatic nitrogens is 1. The van der Waals surface area contributed by atoms with Gasteiger partial charge in [0.1, 0.15) is 18.2 Å². The first-order chi connectivity index (χ1) is 13.5. The average molecular weight is 399 g/mol. The molecule has 0 aliphatic carbocycles. The molecule has 0 fully saturated rings. The Kier molecular flexibility index (Phi) is 4.87. The molecule has 0 unspecified atom stereocenters. The number of fused-ring (bicyclic) bond motifs is 1. The van der Waals surface area contributed by atoms with Crippen LogP contribution in [-0.4, -0.2) is 18.0 Å². The first kappa shape index (κ1) is 18.2. The minimum Gasteiger partial charge on any atom is -0.493 e. The van der Waals surface area contributed by atoms with Gasteiger partial charge in [-0.05, 0) is 23.8 Å². The number of nitrogens with zero attached hydrogens (tertiary/aromatic N) is 1. The number of ether oxygens (including phenoxy) is 2. The monoisotopic (exact) mass is 399 g/mol. The van der Waals surface area contributed by atoms with Crippen molar-refractivity contribution >= 4 is 28.2 Å². The zero-order valence-electron chi connectivity index (χ0n) is 15.1. The lowest BCUT2D eigenvalue weighted by atomic mass is 9.91. The first-order valence-electron chi connectivity index (χ1n) is 8.65. The Morgan fingerprint density at radius 3 is 2.89 bits per heavy atom. The van der Waals surface area contributed by atoms with Gasteiger partial charge in [-0.15, -0.1) is 0 Å². The van der Waals surface area contributed by atoms with Gasteiger partial charge in [0.2, 0.25) is 5.91 Å². The van der Waals surface area contributed by atoms with Crippen LogP contribution in [0.1, 0.15) is 28.3 Å². The molecule has 3 N–H and O–H groups in total. The molecule has 2 heterocycles. The van der Waals surface area contributed by atoms with E-state index in [0.29, 0.717) is 28.0 Å². The highest BCUT2D eigenvalue weighted by Crippen LogP contribution is 2.43. The van der Waals surface area contributed by atoms with Crippen LogP contribution in [0.2, 0.25) is 0 Å². The summed E-state index contributed by atoms with van der Waals surface area (Å²) in [6.07, 6.45) is 0.285. The number of halogens is 1. The van der Waals surface area contributed by atoms with E-state index in [1.165, 1.54) is 17.4 Å². The Morgan fingerprint density at radius 2 is 2.11 bits per heavy atom. The third-order valence-electron chi connectivity index (χ3n) is 4.56. The summed E-state index contributed by atoms with van der Waals surface area (Å²) in [5, 5.41) is 3.16. The summed E-state index contributed by atoms with van der Waals surface area (Å²) in [6.45, 7) is 0.0659. The lowest BCUT2D eigenvalue weighted by Crippen LogP contribution is -2.22. The van der Waals surface area contributed by atoms with Crippen molar-refractivity contribution in [2.24, 2.45) is 0 Å². The van der Waals surface area contributed by atoms with E-state index in [4.69, 9.17) is 15.2 Å². The lowest BCUT2D eigenvalue weighted by molar-refractivity contribution is -0.116. The number of nitrogens with one attached hydrogen (secondary N) is 1. The van der Waals surface area contributed by atoms with E-state index in [0.717, 1.165) is 10.4 Å². The van der Waals surface area contributed by atoms with Crippen molar-refractivity contribution in [2.75, 3.05) is 18.2 Å². The second-order valence-corrected chi connectivity index (χ2v) is 7.42. The molecule has 0 spiro atoms. The third-order valence-corrected chi connectivity index (χ3v) is 5.56. The number of benzene rings is 2. The zero-order valence-corrected chi connectivity index (χ0v) is 15.9. The molecule has 1 amide bonds. The molecule has 0 bridgehead atoms. The summed E-state index contributed by atoms with van der Waals surface area (Å²) in [6, 6.07) is 11.9. The van der Waals surface area contributed by atoms with Gasteiger partial charge in [-0.25, -0.2) is 9.37 Å². The molecular formula is C20H18FN3O3S. The van der Waals surface area contributed by atoms with Crippen LogP contribution >= 0.6 is 11.3 Å². The molecule has 0 saturated heterocycles. The normalized spacial score (nSPS) is 15.6. The van der Waals surface area contributed by atoms with Crippen molar-refractivity contribution in [1.82, 2.24) is 4.98 Å². The maximum Gasteiger partial charge on any atom is 0.226 e. The molecule has 3 aromatic rings. The summed E-state index contributed by atoms with van der Waals surface area (Å²) in [7, 11) is 1.54. The van der Waals surface area contributed by atoms with Gasteiger partial charge in [-0.1, -0.05) is 35.6 Å². The van der Waals surface area contributed by atoms with Gasteiger partial charge in [0.05, 0.1) is 12.0 Å². The number of hydrogen-bond acceptors (Lipinski definition) is 6. The number of amides is 1. The lowest BCUT2D eigenvalue weighted by Gasteiger charge is -2.22. The molecule has 1 aliphatic heterocycles. The van der Waals surface area contributed by atoms with Gasteiger partial charge in [0, 0.05) is 17.9 Å². The third kappa shape index (κ3) is 3.50. The van der Waals surface area contributed by atoms with Crippen molar-refractivity contribution in [3.8, 4) is 11.5 Å². The molecule has 6 nitrogen and oxygen atoms in total. The van der Waals surface area contributed by atoms with Crippen LogP contribution < -0.4 is 20.5 Å². The maximum atomic E-state index is 13.9. The van der Waals surface area contributed by atoms with Crippen LogP contribution in [-0.2, 0) is 11.4 Å². The molecule has 4 rings (SSSR count). The van der Waals surface area contributed by atoms with E-state index in [1.54, 1.807) is 31.4 Å². The minimum absolute atomic E-state index is 0.0659. The predicted octanol–water partition coefficient (Wildman–Crippen LogP) is 3.93. The van der Waals surface area contributed by atoms with Gasteiger partial charge in [-0.2, -0.15) is 0 Å². The van der Waals surface area contributed by atoms with Crippen LogP contribution in [0.25, 0.3) is 0 Å². The number of methoxy groups -OCH3 is 1. The predicted molar refractivity (Wildman–Crippen MR) is 105 cm³/mol. The number of carbonyl (C=O) groups is 1. The van der Waals surface area contributed by atoms with Crippen molar-refractivity contribution in [2.45, 2.75) is 18.9 Å². The standard InChI is InChI=1S/C20H18FN3O3S/c1-26-15-7-6-11(8-16(15)27-10-12-4-2-3-5-14(12)21)13-9-17(25)23-19-18(13)28-20(22)24-19/h2-8,13H,9-10H2,1H3,(H2,22,24)(H,23,25)/t13-/m1/s1. The maximum absolute atomic E-state index is 13.9. The SMILES string of the molecule is COc1ccc([C@H]2CC(=O)Nc3nc(N)sc32)cc1OCc1ccccc1F. The summed E-state index contributed by atoms with van der Waals surface area (Å²) in [5.74, 6) is 0.894. The molecule has 1 atom stereocenters. The fourth-order valence-electron chi connectivity index (χ4n) is 3.20. The minimum atomic E-state index is -0.327. The molecule has 1 aromatic heterocycles. The molecular weight excluding hydrogens is 381 g/mol. The van der Waals surface area contributed by atoms with Crippen molar-refractivity contribution in [3.63, 3.8) is 0 Å². The van der Waals surface area contributed by atoms with E-state index in [1.807, 2.05) is 12.1 Å². The van der Waals surface area contributed by atoms with Crippen LogP contribution in [0.4, 0.5) is 15.3 Å². The molecule has 1 aliphatic rings. The average Bonchev–Trinajstić information content (AvgIpc) is 3.06. The van der Waals surface area contributed by atoms with Gasteiger partial charge in [0.15, 0.2) is 16.6 Å². The number of thiazole rings is 1. The summed E-state index contributed by atoms with van der Waals surface area (Å²) < 4.78 is 25.1. The number of carbonyl (C=O) groups excluding carboxylic acids is 1. The van der Waals surface area contributed by atoms with E-state index < -0.39 is 0 Å². The molecule has 2 aromatic carbocycles. The molecule has 144 valence electrons. The molecule has 0 saturated carbocycles. The van der Waals surface area contributed by atoms with E-state index in [2.05, 4.69) is 10.3 Å². The number of anilines is 2. The van der Waals surface area contributed by atoms with E-state index >= 15 is 0 Å². The number of rotatable bonds is 5. The summed E-state index contributed by atoms with van der Waals surface area (Å²) in [4.78, 5) is 17.2. The van der Waals surface area contributed by atoms with Crippen molar-refractivity contribution in [1.29, 1.82) is 0 Å². The fourth-order valence-corrected chi connectivity index (χ4v) is 4.12. The van der Waals surface area contributed by atoms with Gasteiger partial charge in [-0.3, -0.25) is 4.79 Å². The second kappa shape index (κ2) is 7.47. The largest absolute Gasteiger partial charge is 0.493 e. The quantitative estimate of drug-likeness (QED) is 0.679.